The highest BCUT2D eigenvalue weighted by Crippen LogP contribution is 2.22. The topological polar surface area (TPSA) is 92.5 Å². The van der Waals surface area contributed by atoms with Gasteiger partial charge >= 0.3 is 0 Å². The standard InChI is InChI=1S/C19H31N3O3S.ClH/c1-2-3-11-18(13-20)21-19(23)17-10-7-12-22(14-17)26(24,25)15-16-8-5-4-6-9-16;/h4-6,8-9,17-18H,2-3,7,10-15,20H2,1H3,(H,21,23);1H. The Bertz CT molecular complexity index is 670. The lowest BCUT2D eigenvalue weighted by Gasteiger charge is -2.32. The zero-order valence-electron chi connectivity index (χ0n) is 16.0. The molecule has 1 heterocycles. The summed E-state index contributed by atoms with van der Waals surface area (Å²) in [5.74, 6) is -0.398. The zero-order valence-corrected chi connectivity index (χ0v) is 17.6. The number of nitrogens with two attached hydrogens (primary N) is 1. The van der Waals surface area contributed by atoms with Crippen molar-refractivity contribution >= 4 is 28.3 Å². The molecule has 0 bridgehead atoms. The second-order valence-corrected chi connectivity index (χ2v) is 8.99. The molecule has 1 aliphatic heterocycles. The van der Waals surface area contributed by atoms with Crippen LogP contribution in [-0.2, 0) is 20.6 Å². The van der Waals surface area contributed by atoms with Gasteiger partial charge in [0.1, 0.15) is 0 Å². The van der Waals surface area contributed by atoms with Gasteiger partial charge in [-0.3, -0.25) is 4.79 Å². The number of rotatable bonds is 9. The summed E-state index contributed by atoms with van der Waals surface area (Å²) in [5, 5.41) is 3.01. The van der Waals surface area contributed by atoms with Crippen LogP contribution in [0.4, 0.5) is 0 Å². The van der Waals surface area contributed by atoms with E-state index in [2.05, 4.69) is 12.2 Å². The summed E-state index contributed by atoms with van der Waals surface area (Å²) >= 11 is 0. The fourth-order valence-corrected chi connectivity index (χ4v) is 4.91. The Kier molecular flexibility index (Phi) is 10.3. The lowest BCUT2D eigenvalue weighted by molar-refractivity contribution is -0.126. The molecular formula is C19H32ClN3O3S. The smallest absolute Gasteiger partial charge is 0.224 e. The van der Waals surface area contributed by atoms with Crippen molar-refractivity contribution in [2.45, 2.75) is 50.8 Å². The van der Waals surface area contributed by atoms with E-state index in [0.29, 0.717) is 25.9 Å². The van der Waals surface area contributed by atoms with Crippen molar-refractivity contribution in [3.63, 3.8) is 0 Å². The molecule has 1 aromatic rings. The number of carbonyl (C=O) groups is 1. The Labute approximate surface area is 169 Å². The zero-order chi connectivity index (χ0) is 19.0. The number of halogens is 1. The van der Waals surface area contributed by atoms with Crippen LogP contribution in [0.5, 0.6) is 0 Å². The monoisotopic (exact) mass is 417 g/mol. The molecule has 1 amide bonds. The number of carbonyl (C=O) groups excluding carboxylic acids is 1. The molecule has 1 aromatic carbocycles. The Morgan fingerprint density at radius 1 is 1.33 bits per heavy atom. The van der Waals surface area contributed by atoms with Gasteiger partial charge in [-0.15, -0.1) is 12.4 Å². The summed E-state index contributed by atoms with van der Waals surface area (Å²) in [4.78, 5) is 12.6. The highest BCUT2D eigenvalue weighted by molar-refractivity contribution is 7.88. The van der Waals surface area contributed by atoms with Crippen LogP contribution in [0.3, 0.4) is 0 Å². The Morgan fingerprint density at radius 3 is 2.67 bits per heavy atom. The summed E-state index contributed by atoms with van der Waals surface area (Å²) in [6.45, 7) is 3.25. The van der Waals surface area contributed by atoms with E-state index in [1.165, 1.54) is 4.31 Å². The van der Waals surface area contributed by atoms with E-state index in [1.54, 1.807) is 0 Å². The molecule has 1 aliphatic rings. The first kappa shape index (κ1) is 23.9. The number of piperidine rings is 1. The third-order valence-corrected chi connectivity index (χ3v) is 6.69. The van der Waals surface area contributed by atoms with Crippen LogP contribution in [0, 0.1) is 5.92 Å². The fourth-order valence-electron chi connectivity index (χ4n) is 3.30. The molecule has 1 fully saturated rings. The van der Waals surface area contributed by atoms with E-state index < -0.39 is 10.0 Å². The van der Waals surface area contributed by atoms with E-state index in [1.807, 2.05) is 30.3 Å². The maximum Gasteiger partial charge on any atom is 0.224 e. The molecule has 0 aliphatic carbocycles. The molecule has 0 saturated carbocycles. The summed E-state index contributed by atoms with van der Waals surface area (Å²) in [6.07, 6.45) is 4.36. The molecule has 2 unspecified atom stereocenters. The van der Waals surface area contributed by atoms with Gasteiger partial charge in [-0.25, -0.2) is 12.7 Å². The molecule has 3 N–H and O–H groups in total. The highest BCUT2D eigenvalue weighted by Gasteiger charge is 2.32. The predicted octanol–water partition coefficient (Wildman–Crippen LogP) is 2.28. The maximum absolute atomic E-state index is 12.7. The third kappa shape index (κ3) is 7.41. The first-order valence-electron chi connectivity index (χ1n) is 9.48. The molecule has 2 rings (SSSR count). The minimum absolute atomic E-state index is 0. The van der Waals surface area contributed by atoms with Crippen molar-refractivity contribution in [1.29, 1.82) is 0 Å². The van der Waals surface area contributed by atoms with Crippen molar-refractivity contribution in [3.8, 4) is 0 Å². The normalized spacial score (nSPS) is 19.1. The number of nitrogens with zero attached hydrogens (tertiary/aromatic N) is 1. The molecule has 0 aromatic heterocycles. The lowest BCUT2D eigenvalue weighted by Crippen LogP contribution is -2.49. The van der Waals surface area contributed by atoms with Crippen LogP contribution in [0.15, 0.2) is 30.3 Å². The molecule has 0 spiro atoms. The SMILES string of the molecule is CCCCC(CN)NC(=O)C1CCCN(S(=O)(=O)Cc2ccccc2)C1.Cl. The molecular weight excluding hydrogens is 386 g/mol. The number of nitrogens with one attached hydrogen (secondary N) is 1. The van der Waals surface area contributed by atoms with E-state index in [9.17, 15) is 13.2 Å². The van der Waals surface area contributed by atoms with E-state index in [0.717, 1.165) is 24.8 Å². The first-order valence-corrected chi connectivity index (χ1v) is 11.1. The minimum atomic E-state index is -3.42. The van der Waals surface area contributed by atoms with Crippen LogP contribution in [0.2, 0.25) is 0 Å². The second kappa shape index (κ2) is 11.6. The van der Waals surface area contributed by atoms with Crippen LogP contribution < -0.4 is 11.1 Å². The van der Waals surface area contributed by atoms with E-state index in [4.69, 9.17) is 5.73 Å². The Balaban J connectivity index is 0.00000364. The summed E-state index contributed by atoms with van der Waals surface area (Å²) in [6, 6.07) is 9.13. The molecule has 0 radical (unpaired) electrons. The number of hydrogen-bond donors (Lipinski definition) is 2. The molecule has 27 heavy (non-hydrogen) atoms. The van der Waals surface area contributed by atoms with Gasteiger partial charge in [0.15, 0.2) is 0 Å². The van der Waals surface area contributed by atoms with Gasteiger partial charge in [-0.1, -0.05) is 50.1 Å². The van der Waals surface area contributed by atoms with E-state index in [-0.39, 0.29) is 42.6 Å². The van der Waals surface area contributed by atoms with Crippen LogP contribution in [0.25, 0.3) is 0 Å². The van der Waals surface area contributed by atoms with Crippen LogP contribution >= 0.6 is 12.4 Å². The molecule has 154 valence electrons. The average Bonchev–Trinajstić information content (AvgIpc) is 2.65. The van der Waals surface area contributed by atoms with Gasteiger partial charge in [-0.2, -0.15) is 0 Å². The van der Waals surface area contributed by atoms with Crippen LogP contribution in [-0.4, -0.2) is 44.3 Å². The highest BCUT2D eigenvalue weighted by atomic mass is 35.5. The largest absolute Gasteiger partial charge is 0.352 e. The summed E-state index contributed by atoms with van der Waals surface area (Å²) in [5.41, 5.74) is 6.52. The summed E-state index contributed by atoms with van der Waals surface area (Å²) < 4.78 is 26.9. The maximum atomic E-state index is 12.7. The van der Waals surface area contributed by atoms with Gasteiger partial charge in [0.05, 0.1) is 11.7 Å². The van der Waals surface area contributed by atoms with Gasteiger partial charge in [0.2, 0.25) is 15.9 Å². The quantitative estimate of drug-likeness (QED) is 0.644. The van der Waals surface area contributed by atoms with Crippen LogP contribution in [0.1, 0.15) is 44.6 Å². The second-order valence-electron chi connectivity index (χ2n) is 7.02. The van der Waals surface area contributed by atoms with Crippen molar-refractivity contribution in [3.05, 3.63) is 35.9 Å². The number of sulfonamides is 1. The molecule has 6 nitrogen and oxygen atoms in total. The minimum Gasteiger partial charge on any atom is -0.352 e. The number of benzene rings is 1. The number of amides is 1. The average molecular weight is 418 g/mol. The van der Waals surface area contributed by atoms with Crippen molar-refractivity contribution in [1.82, 2.24) is 9.62 Å². The first-order chi connectivity index (χ1) is 12.5. The molecule has 1 saturated heterocycles. The van der Waals surface area contributed by atoms with Crippen molar-refractivity contribution in [2.75, 3.05) is 19.6 Å². The Morgan fingerprint density at radius 2 is 2.04 bits per heavy atom. The van der Waals surface area contributed by atoms with Gasteiger partial charge in [-0.05, 0) is 24.8 Å². The van der Waals surface area contributed by atoms with Gasteiger partial charge in [0.25, 0.3) is 0 Å². The molecule has 2 atom stereocenters. The van der Waals surface area contributed by atoms with E-state index >= 15 is 0 Å². The predicted molar refractivity (Wildman–Crippen MR) is 111 cm³/mol. The number of unbranched alkanes of at least 4 members (excludes halogenated alkanes) is 1. The van der Waals surface area contributed by atoms with Gasteiger partial charge < -0.3 is 11.1 Å². The number of hydrogen-bond acceptors (Lipinski definition) is 4. The van der Waals surface area contributed by atoms with Crippen molar-refractivity contribution < 1.29 is 13.2 Å². The van der Waals surface area contributed by atoms with Gasteiger partial charge in [0, 0.05) is 25.7 Å². The fraction of sp³-hybridized carbons (Fsp3) is 0.632. The summed E-state index contributed by atoms with van der Waals surface area (Å²) in [7, 11) is -3.42. The molecule has 8 heteroatoms. The van der Waals surface area contributed by atoms with Crippen molar-refractivity contribution in [2.24, 2.45) is 11.7 Å². The Hall–Kier alpha value is -1.15. The third-order valence-electron chi connectivity index (χ3n) is 4.88. The lowest BCUT2D eigenvalue weighted by atomic mass is 9.98.